The number of para-hydroxylation sites is 1. The van der Waals surface area contributed by atoms with Gasteiger partial charge in [-0.05, 0) is 24.3 Å². The van der Waals surface area contributed by atoms with E-state index in [2.05, 4.69) is 0 Å². The van der Waals surface area contributed by atoms with Gasteiger partial charge in [0.1, 0.15) is 28.7 Å². The predicted molar refractivity (Wildman–Crippen MR) is 113 cm³/mol. The molecular formula is C23H13N3O6. The van der Waals surface area contributed by atoms with Crippen molar-refractivity contribution in [3.8, 4) is 23.1 Å². The van der Waals surface area contributed by atoms with Crippen LogP contribution in [0.5, 0.6) is 5.75 Å². The van der Waals surface area contributed by atoms with Crippen LogP contribution in [0.1, 0.15) is 17.2 Å². The van der Waals surface area contributed by atoms with Crippen molar-refractivity contribution in [1.82, 2.24) is 0 Å². The van der Waals surface area contributed by atoms with Gasteiger partial charge in [-0.15, -0.1) is 0 Å². The first kappa shape index (κ1) is 19.1. The van der Waals surface area contributed by atoms with Gasteiger partial charge >= 0.3 is 5.63 Å². The van der Waals surface area contributed by atoms with Crippen molar-refractivity contribution < 1.29 is 18.5 Å². The lowest BCUT2D eigenvalue weighted by Crippen LogP contribution is -2.26. The van der Waals surface area contributed by atoms with Gasteiger partial charge < -0.3 is 19.3 Å². The largest absolute Gasteiger partial charge is 0.460 e. The van der Waals surface area contributed by atoms with Crippen LogP contribution in [0.25, 0.3) is 22.3 Å². The number of nitrogens with two attached hydrogens (primary N) is 1. The maximum Gasteiger partial charge on any atom is 0.344 e. The Bertz CT molecular complexity index is 1540. The summed E-state index contributed by atoms with van der Waals surface area (Å²) in [6, 6.07) is 18.0. The van der Waals surface area contributed by atoms with Crippen LogP contribution in [0.2, 0.25) is 0 Å². The number of furan rings is 1. The van der Waals surface area contributed by atoms with Gasteiger partial charge in [-0.25, -0.2) is 4.79 Å². The van der Waals surface area contributed by atoms with Gasteiger partial charge in [-0.2, -0.15) is 5.26 Å². The number of non-ortho nitro benzene ring substituents is 1. The van der Waals surface area contributed by atoms with E-state index in [1.165, 1.54) is 12.1 Å². The van der Waals surface area contributed by atoms with Crippen LogP contribution in [-0.2, 0) is 0 Å². The maximum atomic E-state index is 12.9. The Labute approximate surface area is 179 Å². The molecule has 0 spiro atoms. The van der Waals surface area contributed by atoms with E-state index in [0.717, 1.165) is 0 Å². The summed E-state index contributed by atoms with van der Waals surface area (Å²) >= 11 is 0. The second-order valence-corrected chi connectivity index (χ2v) is 7.06. The third kappa shape index (κ3) is 2.90. The van der Waals surface area contributed by atoms with Crippen LogP contribution in [0.4, 0.5) is 5.69 Å². The van der Waals surface area contributed by atoms with Crippen molar-refractivity contribution in [1.29, 1.82) is 5.26 Å². The first-order chi connectivity index (χ1) is 15.5. The molecule has 1 aliphatic rings. The van der Waals surface area contributed by atoms with Gasteiger partial charge in [0.05, 0.1) is 21.8 Å². The fourth-order valence-electron chi connectivity index (χ4n) is 3.79. The average molecular weight is 427 g/mol. The highest BCUT2D eigenvalue weighted by atomic mass is 16.6. The number of benzene rings is 2. The number of nitro benzene ring substituents is 1. The van der Waals surface area contributed by atoms with E-state index in [4.69, 9.17) is 19.3 Å². The van der Waals surface area contributed by atoms with Crippen LogP contribution in [-0.4, -0.2) is 4.92 Å². The third-order valence-electron chi connectivity index (χ3n) is 5.23. The Kier molecular flexibility index (Phi) is 4.27. The fourth-order valence-corrected chi connectivity index (χ4v) is 3.79. The molecule has 0 aliphatic carbocycles. The fraction of sp³-hybridized carbons (Fsp3) is 0.0435. The minimum Gasteiger partial charge on any atom is -0.460 e. The van der Waals surface area contributed by atoms with Crippen LogP contribution in [0.3, 0.4) is 0 Å². The van der Waals surface area contributed by atoms with Crippen molar-refractivity contribution in [3.05, 3.63) is 104 Å². The van der Waals surface area contributed by atoms with E-state index < -0.39 is 16.5 Å². The molecular weight excluding hydrogens is 414 g/mol. The Balaban J connectivity index is 1.70. The highest BCUT2D eigenvalue weighted by molar-refractivity contribution is 5.85. The normalized spacial score (nSPS) is 15.2. The topological polar surface area (TPSA) is 146 Å². The molecule has 9 heteroatoms. The smallest absolute Gasteiger partial charge is 0.344 e. The van der Waals surface area contributed by atoms with E-state index in [1.54, 1.807) is 48.5 Å². The predicted octanol–water partition coefficient (Wildman–Crippen LogP) is 4.18. The number of ether oxygens (including phenoxy) is 1. The van der Waals surface area contributed by atoms with Crippen molar-refractivity contribution in [2.24, 2.45) is 5.73 Å². The number of hydrogen-bond donors (Lipinski definition) is 1. The van der Waals surface area contributed by atoms with Gasteiger partial charge in [-0.3, -0.25) is 10.1 Å². The van der Waals surface area contributed by atoms with Gasteiger partial charge in [0.15, 0.2) is 5.75 Å². The second-order valence-electron chi connectivity index (χ2n) is 7.06. The number of nitrogens with zero attached hydrogens (tertiary/aromatic N) is 2. The number of fused-ring (bicyclic) bond motifs is 3. The van der Waals surface area contributed by atoms with E-state index >= 15 is 0 Å². The molecule has 9 nitrogen and oxygen atoms in total. The molecule has 2 aromatic carbocycles. The minimum atomic E-state index is -0.961. The minimum absolute atomic E-state index is 0.0000216. The molecule has 32 heavy (non-hydrogen) atoms. The highest BCUT2D eigenvalue weighted by Crippen LogP contribution is 2.44. The number of nitro groups is 1. The van der Waals surface area contributed by atoms with Crippen LogP contribution < -0.4 is 16.1 Å². The van der Waals surface area contributed by atoms with Crippen LogP contribution in [0.15, 0.2) is 85.7 Å². The summed E-state index contributed by atoms with van der Waals surface area (Å²) in [6.07, 6.45) is 0. The second kappa shape index (κ2) is 7.14. The van der Waals surface area contributed by atoms with Gasteiger partial charge in [0.25, 0.3) is 5.69 Å². The molecule has 2 aromatic heterocycles. The summed E-state index contributed by atoms with van der Waals surface area (Å²) in [5, 5.41) is 21.3. The Morgan fingerprint density at radius 3 is 2.66 bits per heavy atom. The SMILES string of the molecule is N#CC1=C(N)Oc2c(c(=O)oc3ccccc23)C1c1ccc(-c2cccc([N+](=O)[O-])c2)o1. The van der Waals surface area contributed by atoms with Crippen molar-refractivity contribution in [3.63, 3.8) is 0 Å². The monoisotopic (exact) mass is 427 g/mol. The van der Waals surface area contributed by atoms with Gasteiger partial charge in [0.2, 0.25) is 5.88 Å². The summed E-state index contributed by atoms with van der Waals surface area (Å²) in [6.45, 7) is 0. The standard InChI is InChI=1S/C23H13N3O6/c24-11-15-19(18-9-8-16(30-18)12-4-3-5-13(10-12)26(28)29)20-21(32-22(15)25)14-6-1-2-7-17(14)31-23(20)27/h1-10,19H,25H2. The van der Waals surface area contributed by atoms with Crippen LogP contribution in [0, 0.1) is 21.4 Å². The van der Waals surface area contributed by atoms with E-state index in [1.807, 2.05) is 6.07 Å². The molecule has 156 valence electrons. The molecule has 0 saturated heterocycles. The molecule has 0 amide bonds. The molecule has 0 bridgehead atoms. The Morgan fingerprint density at radius 1 is 1.06 bits per heavy atom. The zero-order valence-electron chi connectivity index (χ0n) is 16.3. The maximum absolute atomic E-state index is 12.9. The van der Waals surface area contributed by atoms with E-state index in [-0.39, 0.29) is 34.2 Å². The van der Waals surface area contributed by atoms with Crippen molar-refractivity contribution >= 4 is 16.7 Å². The van der Waals surface area contributed by atoms with Crippen molar-refractivity contribution in [2.45, 2.75) is 5.92 Å². The average Bonchev–Trinajstić information content (AvgIpc) is 3.28. The first-order valence-corrected chi connectivity index (χ1v) is 9.46. The summed E-state index contributed by atoms with van der Waals surface area (Å²) < 4.78 is 17.1. The van der Waals surface area contributed by atoms with Gasteiger partial charge in [-0.1, -0.05) is 24.3 Å². The molecule has 1 unspecified atom stereocenters. The Morgan fingerprint density at radius 2 is 1.88 bits per heavy atom. The zero-order chi connectivity index (χ0) is 22.4. The lowest BCUT2D eigenvalue weighted by Gasteiger charge is -2.24. The molecule has 4 aromatic rings. The summed E-state index contributed by atoms with van der Waals surface area (Å²) in [4.78, 5) is 23.5. The molecule has 1 aliphatic heterocycles. The van der Waals surface area contributed by atoms with E-state index in [9.17, 15) is 20.2 Å². The first-order valence-electron chi connectivity index (χ1n) is 9.46. The zero-order valence-corrected chi connectivity index (χ0v) is 16.3. The van der Waals surface area contributed by atoms with Crippen LogP contribution >= 0.6 is 0 Å². The third-order valence-corrected chi connectivity index (χ3v) is 5.23. The number of rotatable bonds is 3. The number of nitriles is 1. The van der Waals surface area contributed by atoms with Crippen molar-refractivity contribution in [2.75, 3.05) is 0 Å². The highest BCUT2D eigenvalue weighted by Gasteiger charge is 2.37. The number of hydrogen-bond acceptors (Lipinski definition) is 8. The lowest BCUT2D eigenvalue weighted by molar-refractivity contribution is -0.384. The molecule has 0 fully saturated rings. The molecule has 5 rings (SSSR count). The molecule has 1 atom stereocenters. The molecule has 0 radical (unpaired) electrons. The number of allylic oxidation sites excluding steroid dienone is 1. The molecule has 3 heterocycles. The quantitative estimate of drug-likeness (QED) is 0.291. The molecule has 0 saturated carbocycles. The Hall–Kier alpha value is -4.84. The lowest BCUT2D eigenvalue weighted by atomic mass is 9.87. The summed E-state index contributed by atoms with van der Waals surface area (Å²) in [7, 11) is 0. The summed E-state index contributed by atoms with van der Waals surface area (Å²) in [5.74, 6) is -0.325. The molecule has 2 N–H and O–H groups in total. The van der Waals surface area contributed by atoms with Gasteiger partial charge in [0, 0.05) is 17.7 Å². The van der Waals surface area contributed by atoms with E-state index in [0.29, 0.717) is 22.3 Å². The summed E-state index contributed by atoms with van der Waals surface area (Å²) in [5.41, 5.74) is 6.14.